The van der Waals surface area contributed by atoms with Crippen LogP contribution in [0.1, 0.15) is 53.4 Å². The van der Waals surface area contributed by atoms with Crippen molar-refractivity contribution in [2.24, 2.45) is 0 Å². The molecule has 0 aromatic heterocycles. The molecule has 0 N–H and O–H groups in total. The van der Waals surface area contributed by atoms with Crippen molar-refractivity contribution >= 4 is 0 Å². The monoisotopic (exact) mass is 410 g/mol. The summed E-state index contributed by atoms with van der Waals surface area (Å²) in [7, 11) is 1.67. The highest BCUT2D eigenvalue weighted by molar-refractivity contribution is 5.16. The maximum atomic E-state index is 6.43. The SMILES string of the molecule is CCO[C@H]1[C@@H]([C@@H](COC(C)(C)C)OC(C)C)OC(c2ccccc2)O[C@H]1COC. The van der Waals surface area contributed by atoms with Crippen LogP contribution in [0.25, 0.3) is 0 Å². The molecule has 166 valence electrons. The van der Waals surface area contributed by atoms with Crippen molar-refractivity contribution in [3.05, 3.63) is 35.9 Å². The quantitative estimate of drug-likeness (QED) is 0.578. The molecule has 1 aromatic carbocycles. The van der Waals surface area contributed by atoms with Gasteiger partial charge in [-0.2, -0.15) is 0 Å². The molecule has 1 fully saturated rings. The first-order valence-corrected chi connectivity index (χ1v) is 10.5. The van der Waals surface area contributed by atoms with Gasteiger partial charge in [-0.25, -0.2) is 0 Å². The van der Waals surface area contributed by atoms with Gasteiger partial charge in [0, 0.05) is 19.3 Å². The molecule has 29 heavy (non-hydrogen) atoms. The second-order valence-electron chi connectivity index (χ2n) is 8.54. The van der Waals surface area contributed by atoms with Gasteiger partial charge < -0.3 is 28.4 Å². The average molecular weight is 411 g/mol. The van der Waals surface area contributed by atoms with Gasteiger partial charge in [-0.1, -0.05) is 30.3 Å². The Hall–Kier alpha value is -1.02. The van der Waals surface area contributed by atoms with Gasteiger partial charge in [-0.3, -0.25) is 0 Å². The Morgan fingerprint density at radius 2 is 1.76 bits per heavy atom. The van der Waals surface area contributed by atoms with Gasteiger partial charge in [-0.15, -0.1) is 0 Å². The summed E-state index contributed by atoms with van der Waals surface area (Å²) >= 11 is 0. The zero-order chi connectivity index (χ0) is 21.4. The van der Waals surface area contributed by atoms with E-state index in [-0.39, 0.29) is 36.1 Å². The summed E-state index contributed by atoms with van der Waals surface area (Å²) in [6, 6.07) is 9.91. The predicted octanol–water partition coefficient (Wildman–Crippen LogP) is 4.13. The maximum absolute atomic E-state index is 6.43. The van der Waals surface area contributed by atoms with E-state index >= 15 is 0 Å². The first-order valence-electron chi connectivity index (χ1n) is 10.5. The average Bonchev–Trinajstić information content (AvgIpc) is 2.66. The molecular formula is C23H38O6. The molecule has 0 spiro atoms. The number of hydrogen-bond donors (Lipinski definition) is 0. The summed E-state index contributed by atoms with van der Waals surface area (Å²) in [6.45, 7) is 13.4. The second kappa shape index (κ2) is 11.4. The van der Waals surface area contributed by atoms with E-state index in [1.807, 2.05) is 71.9 Å². The van der Waals surface area contributed by atoms with Crippen molar-refractivity contribution < 1.29 is 28.4 Å². The minimum atomic E-state index is -0.522. The Kier molecular flexibility index (Phi) is 9.53. The fraction of sp³-hybridized carbons (Fsp3) is 0.739. The van der Waals surface area contributed by atoms with E-state index in [1.165, 1.54) is 0 Å². The number of ether oxygens (including phenoxy) is 6. The van der Waals surface area contributed by atoms with Crippen LogP contribution >= 0.6 is 0 Å². The van der Waals surface area contributed by atoms with E-state index in [9.17, 15) is 0 Å². The summed E-state index contributed by atoms with van der Waals surface area (Å²) in [5, 5.41) is 0. The van der Waals surface area contributed by atoms with Crippen LogP contribution in [0.5, 0.6) is 0 Å². The van der Waals surface area contributed by atoms with Crippen molar-refractivity contribution in [1.82, 2.24) is 0 Å². The predicted molar refractivity (Wildman–Crippen MR) is 112 cm³/mol. The van der Waals surface area contributed by atoms with Crippen LogP contribution < -0.4 is 0 Å². The van der Waals surface area contributed by atoms with E-state index in [0.717, 1.165) is 5.56 Å². The lowest BCUT2D eigenvalue weighted by atomic mass is 10.00. The van der Waals surface area contributed by atoms with Crippen LogP contribution in [0.4, 0.5) is 0 Å². The van der Waals surface area contributed by atoms with E-state index < -0.39 is 6.29 Å². The van der Waals surface area contributed by atoms with Crippen molar-refractivity contribution in [2.45, 2.75) is 84.0 Å². The molecule has 1 aliphatic rings. The molecular weight excluding hydrogens is 372 g/mol. The summed E-state index contributed by atoms with van der Waals surface area (Å²) in [5.74, 6) is 0. The molecule has 1 heterocycles. The Labute approximate surface area is 175 Å². The number of hydrogen-bond acceptors (Lipinski definition) is 6. The number of rotatable bonds is 10. The molecule has 1 saturated heterocycles. The molecule has 0 bridgehead atoms. The van der Waals surface area contributed by atoms with Gasteiger partial charge >= 0.3 is 0 Å². The van der Waals surface area contributed by atoms with Crippen LogP contribution in [0.3, 0.4) is 0 Å². The first kappa shape index (κ1) is 24.3. The van der Waals surface area contributed by atoms with Crippen molar-refractivity contribution in [3.63, 3.8) is 0 Å². The summed E-state index contributed by atoms with van der Waals surface area (Å²) in [5.41, 5.74) is 0.670. The van der Waals surface area contributed by atoms with Gasteiger partial charge in [0.15, 0.2) is 6.29 Å². The van der Waals surface area contributed by atoms with Crippen molar-refractivity contribution in [3.8, 4) is 0 Å². The molecule has 6 heteroatoms. The fourth-order valence-electron chi connectivity index (χ4n) is 3.35. The normalized spacial score (nSPS) is 26.6. The van der Waals surface area contributed by atoms with E-state index in [2.05, 4.69) is 0 Å². The van der Waals surface area contributed by atoms with E-state index in [0.29, 0.717) is 19.8 Å². The maximum Gasteiger partial charge on any atom is 0.184 e. The highest BCUT2D eigenvalue weighted by Gasteiger charge is 2.45. The lowest BCUT2D eigenvalue weighted by molar-refractivity contribution is -0.325. The minimum Gasteiger partial charge on any atom is -0.382 e. The van der Waals surface area contributed by atoms with Crippen LogP contribution in [0, 0.1) is 0 Å². The van der Waals surface area contributed by atoms with Gasteiger partial charge in [0.05, 0.1) is 24.9 Å². The Morgan fingerprint density at radius 1 is 1.07 bits per heavy atom. The van der Waals surface area contributed by atoms with Crippen LogP contribution in [-0.2, 0) is 28.4 Å². The molecule has 6 nitrogen and oxygen atoms in total. The summed E-state index contributed by atoms with van der Waals surface area (Å²) < 4.78 is 36.5. The van der Waals surface area contributed by atoms with Gasteiger partial charge in [0.25, 0.3) is 0 Å². The third-order valence-electron chi connectivity index (χ3n) is 4.53. The molecule has 0 amide bonds. The highest BCUT2D eigenvalue weighted by atomic mass is 16.7. The molecule has 1 unspecified atom stereocenters. The highest BCUT2D eigenvalue weighted by Crippen LogP contribution is 2.34. The first-order chi connectivity index (χ1) is 13.7. The van der Waals surface area contributed by atoms with Gasteiger partial charge in [0.1, 0.15) is 24.4 Å². The van der Waals surface area contributed by atoms with Crippen LogP contribution in [-0.4, -0.2) is 63.1 Å². The van der Waals surface area contributed by atoms with Crippen LogP contribution in [0.2, 0.25) is 0 Å². The van der Waals surface area contributed by atoms with Crippen molar-refractivity contribution in [1.29, 1.82) is 0 Å². The molecule has 0 aliphatic carbocycles. The minimum absolute atomic E-state index is 0.0216. The summed E-state index contributed by atoms with van der Waals surface area (Å²) in [6.07, 6.45) is -1.78. The molecule has 1 aliphatic heterocycles. The Balaban J connectivity index is 2.32. The zero-order valence-corrected chi connectivity index (χ0v) is 18.9. The largest absolute Gasteiger partial charge is 0.382 e. The lowest BCUT2D eigenvalue weighted by Crippen LogP contribution is -2.57. The molecule has 0 saturated carbocycles. The third-order valence-corrected chi connectivity index (χ3v) is 4.53. The third kappa shape index (κ3) is 7.63. The van der Waals surface area contributed by atoms with Gasteiger partial charge in [-0.05, 0) is 41.5 Å². The molecule has 1 aromatic rings. The number of benzene rings is 1. The molecule has 2 rings (SSSR count). The Bertz CT molecular complexity index is 570. The zero-order valence-electron chi connectivity index (χ0n) is 18.9. The number of methoxy groups -OCH3 is 1. The van der Waals surface area contributed by atoms with E-state index in [1.54, 1.807) is 7.11 Å². The smallest absolute Gasteiger partial charge is 0.184 e. The molecule has 5 atom stereocenters. The standard InChI is InChI=1S/C23H38O6/c1-8-25-20-18(14-24-7)28-22(17-12-10-9-11-13-17)29-21(20)19(27-16(2)3)15-26-23(4,5)6/h9-13,16,18-22H,8,14-15H2,1-7H3/t18-,19+,20+,21+,22?/m0/s1. The van der Waals surface area contributed by atoms with Gasteiger partial charge in [0.2, 0.25) is 0 Å². The second-order valence-corrected chi connectivity index (χ2v) is 8.54. The van der Waals surface area contributed by atoms with Crippen LogP contribution in [0.15, 0.2) is 30.3 Å². The topological polar surface area (TPSA) is 55.4 Å². The fourth-order valence-corrected chi connectivity index (χ4v) is 3.35. The van der Waals surface area contributed by atoms with E-state index in [4.69, 9.17) is 28.4 Å². The van der Waals surface area contributed by atoms with Crippen molar-refractivity contribution in [2.75, 3.05) is 26.9 Å². The lowest BCUT2D eigenvalue weighted by Gasteiger charge is -2.45. The molecule has 0 radical (unpaired) electrons. The Morgan fingerprint density at radius 3 is 2.31 bits per heavy atom. The summed E-state index contributed by atoms with van der Waals surface area (Å²) in [4.78, 5) is 0.